The Morgan fingerprint density at radius 1 is 1.32 bits per heavy atom. The SMILES string of the molecule is CC(C)(C)c1csc(NC(=O)CCSc2ccc(Cl)cc2)n1. The van der Waals surface area contributed by atoms with Gasteiger partial charge in [-0.2, -0.15) is 0 Å². The van der Waals surface area contributed by atoms with E-state index < -0.39 is 0 Å². The van der Waals surface area contributed by atoms with Gasteiger partial charge in [-0.3, -0.25) is 4.79 Å². The molecule has 0 bridgehead atoms. The minimum atomic E-state index is -0.00345. The number of amides is 1. The van der Waals surface area contributed by atoms with Crippen LogP contribution in [0.4, 0.5) is 5.13 Å². The van der Waals surface area contributed by atoms with Gasteiger partial charge in [-0.25, -0.2) is 4.98 Å². The molecule has 0 unspecified atom stereocenters. The molecule has 0 aliphatic rings. The number of carbonyl (C=O) groups is 1. The summed E-state index contributed by atoms with van der Waals surface area (Å²) < 4.78 is 0. The predicted molar refractivity (Wildman–Crippen MR) is 96.2 cm³/mol. The van der Waals surface area contributed by atoms with Gasteiger partial charge in [0, 0.05) is 32.9 Å². The van der Waals surface area contributed by atoms with Crippen LogP contribution >= 0.6 is 34.7 Å². The molecule has 1 amide bonds. The molecule has 1 aromatic heterocycles. The van der Waals surface area contributed by atoms with Crippen LogP contribution in [0.5, 0.6) is 0 Å². The molecule has 1 aromatic carbocycles. The van der Waals surface area contributed by atoms with Crippen molar-refractivity contribution in [3.05, 3.63) is 40.4 Å². The van der Waals surface area contributed by atoms with Gasteiger partial charge in [0.15, 0.2) is 5.13 Å². The van der Waals surface area contributed by atoms with E-state index >= 15 is 0 Å². The number of halogens is 1. The number of thioether (sulfide) groups is 1. The van der Waals surface area contributed by atoms with E-state index in [4.69, 9.17) is 11.6 Å². The molecule has 22 heavy (non-hydrogen) atoms. The summed E-state index contributed by atoms with van der Waals surface area (Å²) in [5, 5.41) is 6.26. The number of rotatable bonds is 5. The topological polar surface area (TPSA) is 42.0 Å². The van der Waals surface area contributed by atoms with Gasteiger partial charge >= 0.3 is 0 Å². The van der Waals surface area contributed by atoms with Crippen LogP contribution in [0.15, 0.2) is 34.5 Å². The Hall–Kier alpha value is -1.04. The second-order valence-corrected chi connectivity index (χ2v) is 8.35. The second-order valence-electron chi connectivity index (χ2n) is 5.89. The highest BCUT2D eigenvalue weighted by Gasteiger charge is 2.18. The number of carbonyl (C=O) groups excluding carboxylic acids is 1. The lowest BCUT2D eigenvalue weighted by molar-refractivity contribution is -0.115. The average Bonchev–Trinajstić information content (AvgIpc) is 2.89. The Labute approximate surface area is 144 Å². The maximum absolute atomic E-state index is 11.9. The molecule has 0 atom stereocenters. The highest BCUT2D eigenvalue weighted by Crippen LogP contribution is 2.26. The number of aromatic nitrogens is 1. The van der Waals surface area contributed by atoms with Crippen molar-refractivity contribution in [2.45, 2.75) is 37.5 Å². The van der Waals surface area contributed by atoms with Crippen molar-refractivity contribution in [3.8, 4) is 0 Å². The minimum Gasteiger partial charge on any atom is -0.302 e. The highest BCUT2D eigenvalue weighted by atomic mass is 35.5. The molecular formula is C16H19ClN2OS2. The summed E-state index contributed by atoms with van der Waals surface area (Å²) in [4.78, 5) is 17.5. The van der Waals surface area contributed by atoms with Crippen LogP contribution in [-0.2, 0) is 10.2 Å². The van der Waals surface area contributed by atoms with Crippen LogP contribution in [0.2, 0.25) is 5.02 Å². The summed E-state index contributed by atoms with van der Waals surface area (Å²) in [5.41, 5.74) is 1.01. The van der Waals surface area contributed by atoms with Crippen LogP contribution in [-0.4, -0.2) is 16.6 Å². The lowest BCUT2D eigenvalue weighted by atomic mass is 9.93. The number of hydrogen-bond donors (Lipinski definition) is 1. The van der Waals surface area contributed by atoms with Crippen molar-refractivity contribution in [1.29, 1.82) is 0 Å². The van der Waals surface area contributed by atoms with E-state index in [1.165, 1.54) is 11.3 Å². The van der Waals surface area contributed by atoms with Crippen molar-refractivity contribution >= 4 is 45.7 Å². The summed E-state index contributed by atoms with van der Waals surface area (Å²) in [6.07, 6.45) is 0.456. The van der Waals surface area contributed by atoms with Crippen LogP contribution < -0.4 is 5.32 Å². The van der Waals surface area contributed by atoms with E-state index in [0.717, 1.165) is 21.4 Å². The molecule has 0 aliphatic heterocycles. The predicted octanol–water partition coefficient (Wildman–Crippen LogP) is 5.21. The van der Waals surface area contributed by atoms with Crippen LogP contribution in [0.25, 0.3) is 0 Å². The number of anilines is 1. The van der Waals surface area contributed by atoms with Crippen LogP contribution in [0.3, 0.4) is 0 Å². The molecule has 0 fully saturated rings. The Morgan fingerprint density at radius 3 is 2.59 bits per heavy atom. The normalized spacial score (nSPS) is 11.5. The third kappa shape index (κ3) is 5.30. The Kier molecular flexibility index (Phi) is 5.89. The van der Waals surface area contributed by atoms with Gasteiger partial charge in [0.05, 0.1) is 5.69 Å². The first-order valence-electron chi connectivity index (χ1n) is 6.99. The number of benzene rings is 1. The minimum absolute atomic E-state index is 0.00345. The quantitative estimate of drug-likeness (QED) is 0.749. The molecule has 2 rings (SSSR count). The maximum Gasteiger partial charge on any atom is 0.226 e. The van der Waals surface area contributed by atoms with Crippen molar-refractivity contribution in [2.75, 3.05) is 11.1 Å². The van der Waals surface area contributed by atoms with Crippen molar-refractivity contribution in [2.24, 2.45) is 0 Å². The number of nitrogens with one attached hydrogen (secondary N) is 1. The first kappa shape index (κ1) is 17.3. The Bertz CT molecular complexity index is 632. The average molecular weight is 355 g/mol. The van der Waals surface area contributed by atoms with Gasteiger partial charge < -0.3 is 5.32 Å². The van der Waals surface area contributed by atoms with Crippen LogP contribution in [0.1, 0.15) is 32.9 Å². The molecular weight excluding hydrogens is 336 g/mol. The molecule has 0 radical (unpaired) electrons. The molecule has 1 N–H and O–H groups in total. The monoisotopic (exact) mass is 354 g/mol. The second kappa shape index (κ2) is 7.49. The first-order valence-corrected chi connectivity index (χ1v) is 9.23. The zero-order valence-corrected chi connectivity index (χ0v) is 15.2. The van der Waals surface area contributed by atoms with E-state index in [1.807, 2.05) is 29.6 Å². The van der Waals surface area contributed by atoms with E-state index in [9.17, 15) is 4.79 Å². The lowest BCUT2D eigenvalue weighted by Crippen LogP contribution is -2.14. The van der Waals surface area contributed by atoms with Gasteiger partial charge in [0.2, 0.25) is 5.91 Å². The Balaban J connectivity index is 1.78. The zero-order valence-electron chi connectivity index (χ0n) is 12.9. The molecule has 0 aliphatic carbocycles. The van der Waals surface area contributed by atoms with Crippen LogP contribution in [0, 0.1) is 0 Å². The van der Waals surface area contributed by atoms with Gasteiger partial charge in [0.25, 0.3) is 0 Å². The molecule has 0 saturated heterocycles. The summed E-state index contributed by atoms with van der Waals surface area (Å²) in [6, 6.07) is 7.63. The first-order chi connectivity index (χ1) is 10.3. The van der Waals surface area contributed by atoms with Gasteiger partial charge in [0.1, 0.15) is 0 Å². The molecule has 6 heteroatoms. The fraction of sp³-hybridized carbons (Fsp3) is 0.375. The zero-order chi connectivity index (χ0) is 16.2. The van der Waals surface area contributed by atoms with E-state index in [0.29, 0.717) is 11.6 Å². The lowest BCUT2D eigenvalue weighted by Gasteiger charge is -2.14. The Morgan fingerprint density at radius 2 is 2.00 bits per heavy atom. The van der Waals surface area contributed by atoms with Gasteiger partial charge in [-0.05, 0) is 24.3 Å². The molecule has 0 spiro atoms. The summed E-state index contributed by atoms with van der Waals surface area (Å²) in [5.74, 6) is 0.724. The van der Waals surface area contributed by atoms with Gasteiger partial charge in [-0.1, -0.05) is 32.4 Å². The number of thiazole rings is 1. The van der Waals surface area contributed by atoms with E-state index in [-0.39, 0.29) is 11.3 Å². The molecule has 1 heterocycles. The van der Waals surface area contributed by atoms with Crippen molar-refractivity contribution in [3.63, 3.8) is 0 Å². The molecule has 118 valence electrons. The standard InChI is InChI=1S/C16H19ClN2OS2/c1-16(2,3)13-10-22-15(18-13)19-14(20)8-9-21-12-6-4-11(17)5-7-12/h4-7,10H,8-9H2,1-3H3,(H,18,19,20). The number of nitrogens with zero attached hydrogens (tertiary/aromatic N) is 1. The van der Waals surface area contributed by atoms with Crippen molar-refractivity contribution in [1.82, 2.24) is 4.98 Å². The third-order valence-electron chi connectivity index (χ3n) is 2.93. The third-order valence-corrected chi connectivity index (χ3v) is 4.95. The maximum atomic E-state index is 11.9. The fourth-order valence-corrected chi connectivity index (χ4v) is 3.58. The van der Waals surface area contributed by atoms with Gasteiger partial charge in [-0.15, -0.1) is 23.1 Å². The van der Waals surface area contributed by atoms with E-state index in [1.54, 1.807) is 11.8 Å². The smallest absolute Gasteiger partial charge is 0.226 e. The van der Waals surface area contributed by atoms with E-state index in [2.05, 4.69) is 31.1 Å². The summed E-state index contributed by atoms with van der Waals surface area (Å²) in [6.45, 7) is 6.32. The summed E-state index contributed by atoms with van der Waals surface area (Å²) >= 11 is 8.95. The molecule has 3 nitrogen and oxygen atoms in total. The van der Waals surface area contributed by atoms with Crippen molar-refractivity contribution < 1.29 is 4.79 Å². The highest BCUT2D eigenvalue weighted by molar-refractivity contribution is 7.99. The largest absolute Gasteiger partial charge is 0.302 e. The fourth-order valence-electron chi connectivity index (χ4n) is 1.65. The molecule has 0 saturated carbocycles. The molecule has 2 aromatic rings. The summed E-state index contributed by atoms with van der Waals surface area (Å²) in [7, 11) is 0. The number of hydrogen-bond acceptors (Lipinski definition) is 4.